The zero-order valence-corrected chi connectivity index (χ0v) is 15.3. The number of amides is 1. The Labute approximate surface area is 158 Å². The molecule has 14 nitrogen and oxygen atoms in total. The Balaban J connectivity index is 1.81. The largest absolute Gasteiger partial charge is 0.432 e. The van der Waals surface area contributed by atoms with Gasteiger partial charge in [-0.25, -0.2) is 24.2 Å². The second-order valence-corrected chi connectivity index (χ2v) is 7.75. The van der Waals surface area contributed by atoms with Gasteiger partial charge in [-0.3, -0.25) is 9.36 Å². The van der Waals surface area contributed by atoms with Gasteiger partial charge in [-0.2, -0.15) is 0 Å². The van der Waals surface area contributed by atoms with Gasteiger partial charge in [0.15, 0.2) is 11.5 Å². The molecule has 0 saturated carbocycles. The fourth-order valence-electron chi connectivity index (χ4n) is 2.90. The Kier molecular flexibility index (Phi) is 5.63. The maximum atomic E-state index is 12.1. The van der Waals surface area contributed by atoms with E-state index in [0.29, 0.717) is 11.2 Å². The highest BCUT2D eigenvalue weighted by atomic mass is 31.2. The minimum Gasteiger partial charge on any atom is -0.394 e. The molecule has 15 heteroatoms. The van der Waals surface area contributed by atoms with Crippen LogP contribution in [-0.4, -0.2) is 81.5 Å². The van der Waals surface area contributed by atoms with Crippen molar-refractivity contribution in [1.29, 1.82) is 0 Å². The number of nitrogens with two attached hydrogens (primary N) is 2. The molecule has 0 radical (unpaired) electrons. The fraction of sp³-hybridized carbons (Fsp3) is 0.538. The van der Waals surface area contributed by atoms with Crippen LogP contribution >= 0.6 is 7.75 Å². The maximum Gasteiger partial charge on any atom is 0.432 e. The lowest BCUT2D eigenvalue weighted by molar-refractivity contribution is -0.132. The zero-order chi connectivity index (χ0) is 20.6. The number of rotatable bonds is 6. The summed E-state index contributed by atoms with van der Waals surface area (Å²) in [5, 5.41) is 19.3. The lowest BCUT2D eigenvalue weighted by Crippen LogP contribution is -2.47. The number of carbonyl (C=O) groups excluding carboxylic acids is 1. The summed E-state index contributed by atoms with van der Waals surface area (Å²) in [7, 11) is -5.06. The summed E-state index contributed by atoms with van der Waals surface area (Å²) in [6.45, 7) is -1.42. The Bertz CT molecular complexity index is 918. The molecule has 4 atom stereocenters. The molecule has 1 fully saturated rings. The van der Waals surface area contributed by atoms with E-state index in [9.17, 15) is 24.3 Å². The topological polar surface area (TPSA) is 223 Å². The van der Waals surface area contributed by atoms with Crippen LogP contribution < -0.4 is 11.5 Å². The number of nitrogens with zero attached hydrogens (tertiary/aromatic N) is 5. The smallest absolute Gasteiger partial charge is 0.394 e. The monoisotopic (exact) mass is 417 g/mol. The third-order valence-corrected chi connectivity index (χ3v) is 5.33. The lowest BCUT2D eigenvalue weighted by Gasteiger charge is -2.28. The molecule has 1 unspecified atom stereocenters. The minimum atomic E-state index is -5.06. The van der Waals surface area contributed by atoms with E-state index in [1.165, 1.54) is 17.2 Å². The molecule has 3 heterocycles. The molecule has 154 valence electrons. The summed E-state index contributed by atoms with van der Waals surface area (Å²) in [6, 6.07) is -1.51. The van der Waals surface area contributed by atoms with E-state index in [1.54, 1.807) is 0 Å². The molecule has 1 amide bonds. The minimum absolute atomic E-state index is 0.0509. The van der Waals surface area contributed by atoms with Gasteiger partial charge in [0, 0.05) is 6.42 Å². The van der Waals surface area contributed by atoms with E-state index in [0.717, 1.165) is 0 Å². The molecule has 0 spiro atoms. The van der Waals surface area contributed by atoms with Crippen molar-refractivity contribution in [3.8, 4) is 0 Å². The number of nitrogen functional groups attached to an aromatic ring is 1. The van der Waals surface area contributed by atoms with Gasteiger partial charge in [0.25, 0.3) is 5.91 Å². The van der Waals surface area contributed by atoms with E-state index >= 15 is 0 Å². The third-order valence-electron chi connectivity index (χ3n) is 4.34. The second-order valence-electron chi connectivity index (χ2n) is 6.24. The number of fused-ring (bicyclic) bond motifs is 1. The summed E-state index contributed by atoms with van der Waals surface area (Å²) >= 11 is 0. The number of ether oxygens (including phenoxy) is 1. The van der Waals surface area contributed by atoms with Crippen molar-refractivity contribution in [3.63, 3.8) is 0 Å². The second kappa shape index (κ2) is 7.67. The molecular weight excluding hydrogens is 397 g/mol. The van der Waals surface area contributed by atoms with Crippen LogP contribution in [-0.2, 0) is 14.1 Å². The quantitative estimate of drug-likeness (QED) is 0.264. The molecule has 1 aliphatic rings. The number of imidazole rings is 1. The van der Waals surface area contributed by atoms with Crippen LogP contribution in [0.15, 0.2) is 12.7 Å². The van der Waals surface area contributed by atoms with Crippen LogP contribution in [0.25, 0.3) is 11.2 Å². The van der Waals surface area contributed by atoms with Crippen LogP contribution in [0.4, 0.5) is 5.82 Å². The molecule has 0 bridgehead atoms. The van der Waals surface area contributed by atoms with Gasteiger partial charge in [0.05, 0.1) is 25.6 Å². The van der Waals surface area contributed by atoms with Crippen molar-refractivity contribution in [1.82, 2.24) is 24.2 Å². The predicted octanol–water partition coefficient (Wildman–Crippen LogP) is -2.70. The summed E-state index contributed by atoms with van der Waals surface area (Å²) in [5.74, 6) is -1.00. The summed E-state index contributed by atoms with van der Waals surface area (Å²) in [5.41, 5.74) is 11.8. The van der Waals surface area contributed by atoms with Crippen molar-refractivity contribution in [2.75, 3.05) is 18.9 Å². The third kappa shape index (κ3) is 3.84. The van der Waals surface area contributed by atoms with E-state index < -0.39 is 51.3 Å². The fourth-order valence-corrected chi connectivity index (χ4v) is 3.67. The van der Waals surface area contributed by atoms with Crippen molar-refractivity contribution in [3.05, 3.63) is 12.7 Å². The first-order chi connectivity index (χ1) is 13.1. The van der Waals surface area contributed by atoms with E-state index in [4.69, 9.17) is 21.3 Å². The number of aromatic nitrogens is 4. The Morgan fingerprint density at radius 3 is 2.79 bits per heavy atom. The predicted molar refractivity (Wildman–Crippen MR) is 93.1 cm³/mol. The molecule has 8 N–H and O–H groups in total. The van der Waals surface area contributed by atoms with E-state index in [-0.39, 0.29) is 16.9 Å². The average molecular weight is 417 g/mol. The van der Waals surface area contributed by atoms with Crippen LogP contribution in [0, 0.1) is 0 Å². The molecule has 1 saturated heterocycles. The molecule has 0 aliphatic carbocycles. The summed E-state index contributed by atoms with van der Waals surface area (Å²) < 4.78 is 19.1. The molecule has 2 aromatic rings. The van der Waals surface area contributed by atoms with Gasteiger partial charge >= 0.3 is 7.75 Å². The first kappa shape index (κ1) is 20.5. The van der Waals surface area contributed by atoms with Crippen LogP contribution in [0.5, 0.6) is 0 Å². The van der Waals surface area contributed by atoms with Crippen molar-refractivity contribution in [2.24, 2.45) is 5.73 Å². The highest BCUT2D eigenvalue weighted by molar-refractivity contribution is 7.49. The van der Waals surface area contributed by atoms with E-state index in [2.05, 4.69) is 15.0 Å². The van der Waals surface area contributed by atoms with Gasteiger partial charge in [-0.15, -0.1) is 0 Å². The van der Waals surface area contributed by atoms with Crippen LogP contribution in [0.3, 0.4) is 0 Å². The summed E-state index contributed by atoms with van der Waals surface area (Å²) in [6.07, 6.45) is -0.348. The Morgan fingerprint density at radius 2 is 2.14 bits per heavy atom. The Hall–Kier alpha value is -2.19. The average Bonchev–Trinajstić information content (AvgIpc) is 3.21. The van der Waals surface area contributed by atoms with Crippen molar-refractivity contribution in [2.45, 2.75) is 30.9 Å². The zero-order valence-electron chi connectivity index (χ0n) is 14.4. The molecular formula is C13H20N7O7P. The number of hydrogen-bond acceptors (Lipinski definition) is 10. The van der Waals surface area contributed by atoms with E-state index in [1.807, 2.05) is 0 Å². The van der Waals surface area contributed by atoms with Gasteiger partial charge in [0.2, 0.25) is 0 Å². The summed E-state index contributed by atoms with van der Waals surface area (Å²) in [4.78, 5) is 43.0. The molecule has 0 aromatic carbocycles. The number of carbonyl (C=O) groups is 1. The number of hydrogen-bond donors (Lipinski definition) is 6. The first-order valence-corrected chi connectivity index (χ1v) is 9.70. The molecule has 3 rings (SSSR count). The van der Waals surface area contributed by atoms with Crippen LogP contribution in [0.1, 0.15) is 12.6 Å². The van der Waals surface area contributed by atoms with Crippen LogP contribution in [0.2, 0.25) is 0 Å². The first-order valence-electron chi connectivity index (χ1n) is 8.13. The molecule has 2 aromatic heterocycles. The van der Waals surface area contributed by atoms with Gasteiger partial charge in [0.1, 0.15) is 30.2 Å². The highest BCUT2D eigenvalue weighted by Gasteiger charge is 2.42. The highest BCUT2D eigenvalue weighted by Crippen LogP contribution is 2.42. The lowest BCUT2D eigenvalue weighted by atomic mass is 10.1. The van der Waals surface area contributed by atoms with Crippen molar-refractivity contribution >= 4 is 30.6 Å². The Morgan fingerprint density at radius 1 is 1.43 bits per heavy atom. The molecule has 28 heavy (non-hydrogen) atoms. The standard InChI is InChI=1S/C13H20N7O7P/c14-6(3-21)13(23)20(28(24,25)26)2-8-7(22)1-9(27-8)19-5-18-10-11(15)16-4-17-12(10)19/h4-9,21-22H,1-3,14H2,(H2,15,16,17)(H2,24,25,26)/t6-,7?,8+,9+/m0/s1. The number of aliphatic hydroxyl groups excluding tert-OH is 2. The molecule has 1 aliphatic heterocycles. The van der Waals surface area contributed by atoms with Gasteiger partial charge in [-0.05, 0) is 0 Å². The van der Waals surface area contributed by atoms with Gasteiger partial charge in [-0.1, -0.05) is 0 Å². The maximum absolute atomic E-state index is 12.1. The SMILES string of the molecule is Nc1ncnc2c1ncn2[C@H]1CC(O)[C@@H](CN(C(=O)[C@@H](N)CO)P(=O)(O)O)O1. The van der Waals surface area contributed by atoms with Crippen molar-refractivity contribution < 1.29 is 34.1 Å². The number of aliphatic hydroxyl groups is 2. The normalized spacial score (nSPS) is 23.8. The van der Waals surface area contributed by atoms with Gasteiger partial charge < -0.3 is 36.2 Å². The number of anilines is 1.